The first-order chi connectivity index (χ1) is 7.68. The van der Waals surface area contributed by atoms with Crippen LogP contribution in [0.15, 0.2) is 24.3 Å². The SMILES string of the molecule is Cc1cccc(CCCCNCC(C)C)c1. The van der Waals surface area contributed by atoms with Gasteiger partial charge in [0.1, 0.15) is 0 Å². The fraction of sp³-hybridized carbons (Fsp3) is 0.600. The van der Waals surface area contributed by atoms with E-state index >= 15 is 0 Å². The van der Waals surface area contributed by atoms with E-state index in [1.54, 1.807) is 0 Å². The first kappa shape index (κ1) is 13.2. The van der Waals surface area contributed by atoms with Crippen molar-refractivity contribution in [2.24, 2.45) is 5.92 Å². The highest BCUT2D eigenvalue weighted by molar-refractivity contribution is 5.22. The van der Waals surface area contributed by atoms with Gasteiger partial charge in [0.05, 0.1) is 0 Å². The number of rotatable bonds is 7. The molecule has 0 radical (unpaired) electrons. The highest BCUT2D eigenvalue weighted by atomic mass is 14.8. The summed E-state index contributed by atoms with van der Waals surface area (Å²) >= 11 is 0. The van der Waals surface area contributed by atoms with Gasteiger partial charge in [-0.05, 0) is 50.8 Å². The van der Waals surface area contributed by atoms with E-state index in [9.17, 15) is 0 Å². The van der Waals surface area contributed by atoms with Crippen LogP contribution in [-0.4, -0.2) is 13.1 Å². The molecule has 16 heavy (non-hydrogen) atoms. The van der Waals surface area contributed by atoms with Gasteiger partial charge < -0.3 is 5.32 Å². The van der Waals surface area contributed by atoms with Crippen molar-refractivity contribution >= 4 is 0 Å². The Labute approximate surface area is 100 Å². The Morgan fingerprint density at radius 2 is 2.00 bits per heavy atom. The second-order valence-corrected chi connectivity index (χ2v) is 5.04. The van der Waals surface area contributed by atoms with Gasteiger partial charge >= 0.3 is 0 Å². The predicted octanol–water partition coefficient (Wildman–Crippen LogP) is 3.56. The van der Waals surface area contributed by atoms with E-state index in [2.05, 4.69) is 50.4 Å². The molecule has 0 saturated heterocycles. The quantitative estimate of drug-likeness (QED) is 0.691. The Hall–Kier alpha value is -0.820. The number of nitrogens with one attached hydrogen (secondary N) is 1. The number of aryl methyl sites for hydroxylation is 2. The molecular formula is C15H25N. The van der Waals surface area contributed by atoms with E-state index < -0.39 is 0 Å². The van der Waals surface area contributed by atoms with Crippen LogP contribution < -0.4 is 5.32 Å². The summed E-state index contributed by atoms with van der Waals surface area (Å²) < 4.78 is 0. The molecule has 0 aliphatic carbocycles. The lowest BCUT2D eigenvalue weighted by Crippen LogP contribution is -2.20. The zero-order valence-electron chi connectivity index (χ0n) is 10.9. The molecule has 0 amide bonds. The second-order valence-electron chi connectivity index (χ2n) is 5.04. The summed E-state index contributed by atoms with van der Waals surface area (Å²) in [7, 11) is 0. The summed E-state index contributed by atoms with van der Waals surface area (Å²) in [6, 6.07) is 8.84. The molecule has 0 saturated carbocycles. The standard InChI is InChI=1S/C15H25N/c1-13(2)12-16-10-5-4-8-15-9-6-7-14(3)11-15/h6-7,9,11,13,16H,4-5,8,10,12H2,1-3H3. The van der Waals surface area contributed by atoms with E-state index in [1.807, 2.05) is 0 Å². The highest BCUT2D eigenvalue weighted by Gasteiger charge is 1.95. The minimum atomic E-state index is 0.761. The van der Waals surface area contributed by atoms with Crippen LogP contribution in [0.4, 0.5) is 0 Å². The van der Waals surface area contributed by atoms with E-state index in [-0.39, 0.29) is 0 Å². The van der Waals surface area contributed by atoms with Gasteiger partial charge in [0.2, 0.25) is 0 Å². The normalized spacial score (nSPS) is 11.0. The molecule has 0 aromatic heterocycles. The van der Waals surface area contributed by atoms with Crippen LogP contribution in [0.3, 0.4) is 0 Å². The third-order valence-corrected chi connectivity index (χ3v) is 2.70. The summed E-state index contributed by atoms with van der Waals surface area (Å²) in [6.07, 6.45) is 3.78. The van der Waals surface area contributed by atoms with Crippen LogP contribution in [0.2, 0.25) is 0 Å². The first-order valence-corrected chi connectivity index (χ1v) is 6.44. The minimum Gasteiger partial charge on any atom is -0.316 e. The highest BCUT2D eigenvalue weighted by Crippen LogP contribution is 2.07. The third-order valence-electron chi connectivity index (χ3n) is 2.70. The maximum absolute atomic E-state index is 3.48. The van der Waals surface area contributed by atoms with Crippen molar-refractivity contribution < 1.29 is 0 Å². The summed E-state index contributed by atoms with van der Waals surface area (Å²) in [5.41, 5.74) is 2.85. The maximum atomic E-state index is 3.48. The predicted molar refractivity (Wildman–Crippen MR) is 71.8 cm³/mol. The molecule has 0 unspecified atom stereocenters. The molecule has 0 heterocycles. The second kappa shape index (κ2) is 7.45. The minimum absolute atomic E-state index is 0.761. The maximum Gasteiger partial charge on any atom is -0.00258 e. The lowest BCUT2D eigenvalue weighted by Gasteiger charge is -2.07. The molecule has 0 atom stereocenters. The van der Waals surface area contributed by atoms with Crippen molar-refractivity contribution in [1.29, 1.82) is 0 Å². The van der Waals surface area contributed by atoms with Crippen LogP contribution >= 0.6 is 0 Å². The molecule has 0 bridgehead atoms. The molecule has 0 fully saturated rings. The monoisotopic (exact) mass is 219 g/mol. The summed E-state index contributed by atoms with van der Waals surface area (Å²) in [4.78, 5) is 0. The summed E-state index contributed by atoms with van der Waals surface area (Å²) in [6.45, 7) is 8.96. The Balaban J connectivity index is 2.07. The van der Waals surface area contributed by atoms with E-state index in [0.717, 1.165) is 19.0 Å². The van der Waals surface area contributed by atoms with Gasteiger partial charge in [-0.15, -0.1) is 0 Å². The Bertz CT molecular complexity index is 291. The molecule has 0 aliphatic rings. The average molecular weight is 219 g/mol. The molecule has 0 aliphatic heterocycles. The fourth-order valence-corrected chi connectivity index (χ4v) is 1.84. The molecular weight excluding hydrogens is 194 g/mol. The molecule has 0 spiro atoms. The Kier molecular flexibility index (Phi) is 6.17. The molecule has 1 nitrogen and oxygen atoms in total. The van der Waals surface area contributed by atoms with Crippen molar-refractivity contribution in [2.45, 2.75) is 40.0 Å². The van der Waals surface area contributed by atoms with Gasteiger partial charge in [-0.1, -0.05) is 43.7 Å². The van der Waals surface area contributed by atoms with Gasteiger partial charge in [-0.25, -0.2) is 0 Å². The average Bonchev–Trinajstić information content (AvgIpc) is 2.23. The molecule has 1 heteroatoms. The number of benzene rings is 1. The van der Waals surface area contributed by atoms with Gasteiger partial charge in [0.15, 0.2) is 0 Å². The van der Waals surface area contributed by atoms with Crippen molar-refractivity contribution in [3.05, 3.63) is 35.4 Å². The van der Waals surface area contributed by atoms with Crippen LogP contribution in [0.25, 0.3) is 0 Å². The van der Waals surface area contributed by atoms with Crippen LogP contribution in [-0.2, 0) is 6.42 Å². The van der Waals surface area contributed by atoms with Crippen LogP contribution in [0, 0.1) is 12.8 Å². The van der Waals surface area contributed by atoms with E-state index in [0.29, 0.717) is 0 Å². The first-order valence-electron chi connectivity index (χ1n) is 6.44. The molecule has 1 aromatic carbocycles. The van der Waals surface area contributed by atoms with E-state index in [4.69, 9.17) is 0 Å². The van der Waals surface area contributed by atoms with Crippen molar-refractivity contribution in [1.82, 2.24) is 5.32 Å². The molecule has 1 rings (SSSR count). The largest absolute Gasteiger partial charge is 0.316 e. The molecule has 1 N–H and O–H groups in total. The Morgan fingerprint density at radius 1 is 1.19 bits per heavy atom. The van der Waals surface area contributed by atoms with Crippen LogP contribution in [0.1, 0.15) is 37.8 Å². The fourth-order valence-electron chi connectivity index (χ4n) is 1.84. The van der Waals surface area contributed by atoms with Crippen molar-refractivity contribution in [2.75, 3.05) is 13.1 Å². The smallest absolute Gasteiger partial charge is 0.00258 e. The lowest BCUT2D eigenvalue weighted by atomic mass is 10.1. The third kappa shape index (κ3) is 5.92. The number of hydrogen-bond acceptors (Lipinski definition) is 1. The zero-order valence-corrected chi connectivity index (χ0v) is 10.9. The van der Waals surface area contributed by atoms with E-state index in [1.165, 1.54) is 30.4 Å². The topological polar surface area (TPSA) is 12.0 Å². The number of hydrogen-bond donors (Lipinski definition) is 1. The summed E-state index contributed by atoms with van der Waals surface area (Å²) in [5, 5.41) is 3.48. The van der Waals surface area contributed by atoms with Gasteiger partial charge in [0.25, 0.3) is 0 Å². The lowest BCUT2D eigenvalue weighted by molar-refractivity contribution is 0.535. The van der Waals surface area contributed by atoms with Crippen LogP contribution in [0.5, 0.6) is 0 Å². The van der Waals surface area contributed by atoms with Crippen molar-refractivity contribution in [3.8, 4) is 0 Å². The Morgan fingerprint density at radius 3 is 2.69 bits per heavy atom. The zero-order chi connectivity index (χ0) is 11.8. The molecule has 1 aromatic rings. The molecule has 90 valence electrons. The van der Waals surface area contributed by atoms with Gasteiger partial charge in [-0.3, -0.25) is 0 Å². The number of unbranched alkanes of at least 4 members (excludes halogenated alkanes) is 1. The van der Waals surface area contributed by atoms with Crippen molar-refractivity contribution in [3.63, 3.8) is 0 Å². The van der Waals surface area contributed by atoms with Gasteiger partial charge in [-0.2, -0.15) is 0 Å². The summed E-state index contributed by atoms with van der Waals surface area (Å²) in [5.74, 6) is 0.761. The van der Waals surface area contributed by atoms with Gasteiger partial charge in [0, 0.05) is 0 Å².